The first-order valence-electron chi connectivity index (χ1n) is 8.00. The number of nitrogens with one attached hydrogen (secondary N) is 1. The average Bonchev–Trinajstić information content (AvgIpc) is 2.34. The highest BCUT2D eigenvalue weighted by Gasteiger charge is 2.54. The van der Waals surface area contributed by atoms with Crippen LogP contribution in [0.2, 0.25) is 0 Å². The SMILES string of the molecule is CC(C)(C(=O)NCCN)C1C2CC3CC(C2)CC1C3. The molecule has 0 unspecified atom stereocenters. The van der Waals surface area contributed by atoms with Crippen LogP contribution < -0.4 is 11.1 Å². The van der Waals surface area contributed by atoms with Crippen molar-refractivity contribution in [2.24, 2.45) is 40.7 Å². The number of carbonyl (C=O) groups excluding carboxylic acids is 1. The average molecular weight is 264 g/mol. The van der Waals surface area contributed by atoms with Gasteiger partial charge in [-0.25, -0.2) is 0 Å². The maximum Gasteiger partial charge on any atom is 0.226 e. The number of nitrogens with two attached hydrogens (primary N) is 1. The molecule has 0 atom stereocenters. The van der Waals surface area contributed by atoms with E-state index in [9.17, 15) is 4.79 Å². The minimum absolute atomic E-state index is 0.218. The maximum absolute atomic E-state index is 12.5. The molecule has 0 aromatic heterocycles. The van der Waals surface area contributed by atoms with Crippen molar-refractivity contribution in [3.63, 3.8) is 0 Å². The van der Waals surface area contributed by atoms with Crippen LogP contribution in [-0.2, 0) is 4.79 Å². The summed E-state index contributed by atoms with van der Waals surface area (Å²) < 4.78 is 0. The molecule has 3 N–H and O–H groups in total. The van der Waals surface area contributed by atoms with Gasteiger partial charge in [0.1, 0.15) is 0 Å². The number of hydrogen-bond acceptors (Lipinski definition) is 2. The highest BCUT2D eigenvalue weighted by molar-refractivity contribution is 5.82. The van der Waals surface area contributed by atoms with E-state index in [4.69, 9.17) is 5.73 Å². The molecule has 0 radical (unpaired) electrons. The fourth-order valence-corrected chi connectivity index (χ4v) is 5.67. The molecule has 0 aromatic carbocycles. The van der Waals surface area contributed by atoms with Gasteiger partial charge in [0.2, 0.25) is 5.91 Å². The van der Waals surface area contributed by atoms with Crippen molar-refractivity contribution in [1.29, 1.82) is 0 Å². The van der Waals surface area contributed by atoms with Crippen LogP contribution in [0.5, 0.6) is 0 Å². The van der Waals surface area contributed by atoms with Crippen LogP contribution >= 0.6 is 0 Å². The lowest BCUT2D eigenvalue weighted by molar-refractivity contribution is -0.145. The molecular weight excluding hydrogens is 236 g/mol. The van der Waals surface area contributed by atoms with Gasteiger partial charge in [-0.1, -0.05) is 13.8 Å². The van der Waals surface area contributed by atoms with E-state index in [-0.39, 0.29) is 11.3 Å². The molecule has 3 nitrogen and oxygen atoms in total. The van der Waals surface area contributed by atoms with Crippen molar-refractivity contribution in [1.82, 2.24) is 5.32 Å². The van der Waals surface area contributed by atoms with E-state index in [1.54, 1.807) is 0 Å². The molecule has 3 heteroatoms. The number of hydrogen-bond donors (Lipinski definition) is 2. The van der Waals surface area contributed by atoms with Crippen molar-refractivity contribution < 1.29 is 4.79 Å². The van der Waals surface area contributed by atoms with E-state index in [1.807, 2.05) is 0 Å². The van der Waals surface area contributed by atoms with Gasteiger partial charge in [-0.15, -0.1) is 0 Å². The molecule has 4 aliphatic carbocycles. The van der Waals surface area contributed by atoms with Crippen molar-refractivity contribution in [2.75, 3.05) is 13.1 Å². The monoisotopic (exact) mass is 264 g/mol. The molecule has 0 aromatic rings. The lowest BCUT2D eigenvalue weighted by Crippen LogP contribution is -2.54. The Balaban J connectivity index is 1.75. The summed E-state index contributed by atoms with van der Waals surface area (Å²) in [6.45, 7) is 5.45. The van der Waals surface area contributed by atoms with Gasteiger partial charge in [-0.2, -0.15) is 0 Å². The molecule has 0 spiro atoms. The number of carbonyl (C=O) groups is 1. The third-order valence-electron chi connectivity index (χ3n) is 6.08. The van der Waals surface area contributed by atoms with Crippen molar-refractivity contribution in [3.05, 3.63) is 0 Å². The summed E-state index contributed by atoms with van der Waals surface area (Å²) in [6.07, 6.45) is 6.99. The standard InChI is InChI=1S/C16H28N2O/c1-16(2,15(19)18-4-3-17)14-12-6-10-5-11(8-12)9-13(14)7-10/h10-14H,3-9,17H2,1-2H3,(H,18,19). The van der Waals surface area contributed by atoms with E-state index < -0.39 is 0 Å². The predicted molar refractivity (Wildman–Crippen MR) is 76.4 cm³/mol. The third kappa shape index (κ3) is 2.20. The zero-order valence-electron chi connectivity index (χ0n) is 12.3. The first kappa shape index (κ1) is 13.4. The molecule has 0 saturated heterocycles. The summed E-state index contributed by atoms with van der Waals surface area (Å²) >= 11 is 0. The molecule has 108 valence electrons. The van der Waals surface area contributed by atoms with E-state index in [1.165, 1.54) is 32.1 Å². The van der Waals surface area contributed by atoms with Crippen LogP contribution in [0.1, 0.15) is 46.0 Å². The maximum atomic E-state index is 12.5. The molecule has 4 bridgehead atoms. The first-order valence-corrected chi connectivity index (χ1v) is 8.00. The summed E-state index contributed by atoms with van der Waals surface area (Å²) in [6, 6.07) is 0. The zero-order chi connectivity index (χ0) is 13.6. The van der Waals surface area contributed by atoms with E-state index >= 15 is 0 Å². The highest BCUT2D eigenvalue weighted by Crippen LogP contribution is 2.60. The molecule has 0 aliphatic heterocycles. The summed E-state index contributed by atoms with van der Waals surface area (Å²) in [7, 11) is 0. The van der Waals surface area contributed by atoms with Crippen molar-refractivity contribution in [3.8, 4) is 0 Å². The minimum Gasteiger partial charge on any atom is -0.354 e. The second-order valence-corrected chi connectivity index (χ2v) is 7.72. The lowest BCUT2D eigenvalue weighted by atomic mass is 9.47. The fraction of sp³-hybridized carbons (Fsp3) is 0.938. The van der Waals surface area contributed by atoms with Gasteiger partial charge in [-0.05, 0) is 61.7 Å². The van der Waals surface area contributed by atoms with Crippen LogP contribution in [0.25, 0.3) is 0 Å². The van der Waals surface area contributed by atoms with Gasteiger partial charge in [0, 0.05) is 18.5 Å². The van der Waals surface area contributed by atoms with E-state index in [2.05, 4.69) is 19.2 Å². The van der Waals surface area contributed by atoms with E-state index in [0.717, 1.165) is 23.7 Å². The second kappa shape index (κ2) is 4.76. The summed E-state index contributed by atoms with van der Waals surface area (Å²) in [4.78, 5) is 12.5. The zero-order valence-corrected chi connectivity index (χ0v) is 12.3. The van der Waals surface area contributed by atoms with Crippen LogP contribution in [0.3, 0.4) is 0 Å². The molecular formula is C16H28N2O. The Hall–Kier alpha value is -0.570. The number of rotatable bonds is 4. The third-order valence-corrected chi connectivity index (χ3v) is 6.08. The summed E-state index contributed by atoms with van der Waals surface area (Å²) in [5.74, 6) is 4.36. The Labute approximate surface area is 116 Å². The Morgan fingerprint density at radius 2 is 1.63 bits per heavy atom. The van der Waals surface area contributed by atoms with Crippen molar-refractivity contribution in [2.45, 2.75) is 46.0 Å². The van der Waals surface area contributed by atoms with Crippen LogP contribution in [0, 0.1) is 35.0 Å². The Morgan fingerprint density at radius 3 is 2.11 bits per heavy atom. The molecule has 4 rings (SSSR count). The van der Waals surface area contributed by atoms with Gasteiger partial charge >= 0.3 is 0 Å². The quantitative estimate of drug-likeness (QED) is 0.817. The molecule has 19 heavy (non-hydrogen) atoms. The molecule has 0 heterocycles. The van der Waals surface area contributed by atoms with Gasteiger partial charge in [-0.3, -0.25) is 4.79 Å². The topological polar surface area (TPSA) is 55.1 Å². The van der Waals surface area contributed by atoms with Crippen LogP contribution in [0.15, 0.2) is 0 Å². The van der Waals surface area contributed by atoms with Crippen molar-refractivity contribution >= 4 is 5.91 Å². The predicted octanol–water partition coefficient (Wildman–Crippen LogP) is 2.16. The summed E-state index contributed by atoms with van der Waals surface area (Å²) in [5.41, 5.74) is 5.28. The lowest BCUT2D eigenvalue weighted by Gasteiger charge is -2.58. The molecule has 1 amide bonds. The fourth-order valence-electron chi connectivity index (χ4n) is 5.67. The largest absolute Gasteiger partial charge is 0.354 e. The van der Waals surface area contributed by atoms with Crippen LogP contribution in [0.4, 0.5) is 0 Å². The molecule has 4 aliphatic rings. The normalized spacial score (nSPS) is 40.5. The second-order valence-electron chi connectivity index (χ2n) is 7.72. The Bertz CT molecular complexity index is 336. The number of amides is 1. The highest BCUT2D eigenvalue weighted by atomic mass is 16.2. The van der Waals surface area contributed by atoms with Gasteiger partial charge in [0.15, 0.2) is 0 Å². The molecule has 4 saturated carbocycles. The minimum atomic E-state index is -0.224. The first-order chi connectivity index (χ1) is 9.02. The molecule has 4 fully saturated rings. The Kier molecular flexibility index (Phi) is 3.36. The smallest absolute Gasteiger partial charge is 0.226 e. The van der Waals surface area contributed by atoms with Gasteiger partial charge in [0.25, 0.3) is 0 Å². The van der Waals surface area contributed by atoms with Gasteiger partial charge in [0.05, 0.1) is 0 Å². The Morgan fingerprint density at radius 1 is 1.11 bits per heavy atom. The van der Waals surface area contributed by atoms with Crippen LogP contribution in [-0.4, -0.2) is 19.0 Å². The summed E-state index contributed by atoms with van der Waals surface area (Å²) in [5, 5.41) is 3.02. The van der Waals surface area contributed by atoms with Gasteiger partial charge < -0.3 is 11.1 Å². The van der Waals surface area contributed by atoms with E-state index in [0.29, 0.717) is 19.0 Å².